The van der Waals surface area contributed by atoms with Gasteiger partial charge in [-0.1, -0.05) is 0 Å². The Morgan fingerprint density at radius 2 is 2.27 bits per heavy atom. The topological polar surface area (TPSA) is 66.4 Å². The van der Waals surface area contributed by atoms with E-state index in [1.54, 1.807) is 0 Å². The molecule has 0 saturated carbocycles. The monoisotopic (exact) mass is 157 g/mol. The normalized spacial score (nSPS) is 32.1. The Bertz CT molecular complexity index is 200. The van der Waals surface area contributed by atoms with E-state index >= 15 is 0 Å². The fourth-order valence-electron chi connectivity index (χ4n) is 1.25. The highest BCUT2D eigenvalue weighted by Gasteiger charge is 2.44. The number of Topliss-reactive ketones (excluding diaryl/α,β-unsaturated/α-hetero) is 1. The zero-order chi connectivity index (χ0) is 8.59. The summed E-state index contributed by atoms with van der Waals surface area (Å²) in [4.78, 5) is 21.5. The van der Waals surface area contributed by atoms with Gasteiger partial charge in [-0.05, 0) is 13.8 Å². The Balaban J connectivity index is 2.62. The second kappa shape index (κ2) is 2.62. The lowest BCUT2D eigenvalue weighted by Gasteiger charge is -2.36. The van der Waals surface area contributed by atoms with Crippen molar-refractivity contribution in [3.63, 3.8) is 0 Å². The van der Waals surface area contributed by atoms with Crippen LogP contribution in [0.4, 0.5) is 0 Å². The predicted molar refractivity (Wildman–Crippen MR) is 37.8 cm³/mol. The van der Waals surface area contributed by atoms with Crippen LogP contribution in [0.15, 0.2) is 0 Å². The third kappa shape index (κ3) is 1.26. The number of β-lactam (4-membered cyclic amide) rings is 1. The molecule has 0 aromatic carbocycles. The predicted octanol–water partition coefficient (Wildman–Crippen LogP) is -0.929. The molecule has 1 aliphatic rings. The minimum atomic E-state index is -0.738. The molecule has 0 unspecified atom stereocenters. The van der Waals surface area contributed by atoms with Gasteiger partial charge in [0.15, 0.2) is 5.78 Å². The molecule has 2 N–H and O–H groups in total. The zero-order valence-electron chi connectivity index (χ0n) is 6.50. The van der Waals surface area contributed by atoms with E-state index in [0.717, 1.165) is 0 Å². The van der Waals surface area contributed by atoms with Gasteiger partial charge in [-0.25, -0.2) is 0 Å². The average molecular weight is 157 g/mol. The molecular weight excluding hydrogens is 146 g/mol. The standard InChI is InChI=1S/C7H11NO3/c1-3(9)5-6(4(2)10)8-7(5)11/h3,5-6,9H,1-2H3,(H,8,11)/t3-,5-,6-/m1/s1. The smallest absolute Gasteiger partial charge is 0.228 e. The van der Waals surface area contributed by atoms with Gasteiger partial charge in [-0.2, -0.15) is 0 Å². The Hall–Kier alpha value is -0.900. The first-order valence-electron chi connectivity index (χ1n) is 3.53. The van der Waals surface area contributed by atoms with Gasteiger partial charge in [0.25, 0.3) is 0 Å². The van der Waals surface area contributed by atoms with Gasteiger partial charge in [-0.15, -0.1) is 0 Å². The zero-order valence-corrected chi connectivity index (χ0v) is 6.50. The molecule has 1 saturated heterocycles. The molecule has 0 spiro atoms. The van der Waals surface area contributed by atoms with Crippen molar-refractivity contribution in [1.82, 2.24) is 5.32 Å². The first-order valence-corrected chi connectivity index (χ1v) is 3.53. The molecule has 0 aliphatic carbocycles. The maximum Gasteiger partial charge on any atom is 0.228 e. The van der Waals surface area contributed by atoms with E-state index in [-0.39, 0.29) is 11.7 Å². The molecule has 1 heterocycles. The molecule has 1 fully saturated rings. The van der Waals surface area contributed by atoms with Gasteiger partial charge in [0, 0.05) is 0 Å². The summed E-state index contributed by atoms with van der Waals surface area (Å²) < 4.78 is 0. The third-order valence-corrected chi connectivity index (χ3v) is 1.92. The lowest BCUT2D eigenvalue weighted by Crippen LogP contribution is -2.64. The van der Waals surface area contributed by atoms with E-state index in [1.165, 1.54) is 13.8 Å². The highest BCUT2D eigenvalue weighted by Crippen LogP contribution is 2.19. The van der Waals surface area contributed by atoms with Crippen molar-refractivity contribution in [1.29, 1.82) is 0 Å². The molecule has 1 amide bonds. The number of aliphatic hydroxyl groups excluding tert-OH is 1. The van der Waals surface area contributed by atoms with Gasteiger partial charge in [-0.3, -0.25) is 9.59 Å². The van der Waals surface area contributed by atoms with Gasteiger partial charge in [0.1, 0.15) is 6.04 Å². The lowest BCUT2D eigenvalue weighted by molar-refractivity contribution is -0.146. The van der Waals surface area contributed by atoms with Crippen molar-refractivity contribution in [2.24, 2.45) is 5.92 Å². The molecule has 1 rings (SSSR count). The van der Waals surface area contributed by atoms with E-state index in [4.69, 9.17) is 5.11 Å². The number of carbonyl (C=O) groups excluding carboxylic acids is 2. The first kappa shape index (κ1) is 8.20. The van der Waals surface area contributed by atoms with Gasteiger partial charge in [0.2, 0.25) is 5.91 Å². The van der Waals surface area contributed by atoms with Crippen LogP contribution in [0, 0.1) is 5.92 Å². The van der Waals surface area contributed by atoms with E-state index in [9.17, 15) is 9.59 Å². The number of ketones is 1. The van der Waals surface area contributed by atoms with E-state index in [2.05, 4.69) is 5.32 Å². The lowest BCUT2D eigenvalue weighted by atomic mass is 9.84. The van der Waals surface area contributed by atoms with E-state index < -0.39 is 18.1 Å². The van der Waals surface area contributed by atoms with Crippen LogP contribution in [-0.2, 0) is 9.59 Å². The number of rotatable bonds is 2. The van der Waals surface area contributed by atoms with Crippen molar-refractivity contribution >= 4 is 11.7 Å². The minimum Gasteiger partial charge on any atom is -0.392 e. The fourth-order valence-corrected chi connectivity index (χ4v) is 1.25. The number of aliphatic hydroxyl groups is 1. The van der Waals surface area contributed by atoms with Gasteiger partial charge in [0.05, 0.1) is 12.0 Å². The largest absolute Gasteiger partial charge is 0.392 e. The van der Waals surface area contributed by atoms with Crippen molar-refractivity contribution in [3.8, 4) is 0 Å². The average Bonchev–Trinajstić information content (AvgIpc) is 1.80. The molecule has 0 aromatic heterocycles. The molecule has 1 aliphatic heterocycles. The van der Waals surface area contributed by atoms with Gasteiger partial charge < -0.3 is 10.4 Å². The Morgan fingerprint density at radius 3 is 2.45 bits per heavy atom. The fraction of sp³-hybridized carbons (Fsp3) is 0.714. The van der Waals surface area contributed by atoms with Crippen LogP contribution in [0.1, 0.15) is 13.8 Å². The van der Waals surface area contributed by atoms with Crippen LogP contribution >= 0.6 is 0 Å². The van der Waals surface area contributed by atoms with Crippen LogP contribution < -0.4 is 5.32 Å². The van der Waals surface area contributed by atoms with Gasteiger partial charge >= 0.3 is 0 Å². The number of amides is 1. The summed E-state index contributed by atoms with van der Waals surface area (Å²) in [5.41, 5.74) is 0. The van der Waals surface area contributed by atoms with Crippen LogP contribution in [0.3, 0.4) is 0 Å². The van der Waals surface area contributed by atoms with E-state index in [0.29, 0.717) is 0 Å². The van der Waals surface area contributed by atoms with Crippen molar-refractivity contribution in [2.45, 2.75) is 26.0 Å². The second-order valence-electron chi connectivity index (χ2n) is 2.86. The Labute approximate surface area is 64.6 Å². The van der Waals surface area contributed by atoms with Crippen LogP contribution in [0.25, 0.3) is 0 Å². The summed E-state index contributed by atoms with van der Waals surface area (Å²) in [7, 11) is 0. The summed E-state index contributed by atoms with van der Waals surface area (Å²) >= 11 is 0. The highest BCUT2D eigenvalue weighted by molar-refractivity contribution is 5.99. The second-order valence-corrected chi connectivity index (χ2v) is 2.86. The van der Waals surface area contributed by atoms with E-state index in [1.807, 2.05) is 0 Å². The summed E-state index contributed by atoms with van der Waals surface area (Å²) in [5.74, 6) is -0.872. The third-order valence-electron chi connectivity index (χ3n) is 1.92. The van der Waals surface area contributed by atoms with Crippen molar-refractivity contribution < 1.29 is 14.7 Å². The molecule has 62 valence electrons. The number of hydrogen-bond acceptors (Lipinski definition) is 3. The van der Waals surface area contributed by atoms with Crippen LogP contribution in [0.2, 0.25) is 0 Å². The van der Waals surface area contributed by atoms with Crippen LogP contribution in [0.5, 0.6) is 0 Å². The summed E-state index contributed by atoms with van der Waals surface area (Å²) in [5, 5.41) is 11.5. The summed E-state index contributed by atoms with van der Waals surface area (Å²) in [6.45, 7) is 2.92. The SMILES string of the molecule is CC(=O)[C@H]1NC(=O)[C@@H]1[C@@H](C)O. The van der Waals surface area contributed by atoms with Crippen molar-refractivity contribution in [3.05, 3.63) is 0 Å². The maximum absolute atomic E-state index is 10.8. The maximum atomic E-state index is 10.8. The van der Waals surface area contributed by atoms with Crippen LogP contribution in [-0.4, -0.2) is 28.9 Å². The number of hydrogen-bond donors (Lipinski definition) is 2. The van der Waals surface area contributed by atoms with Crippen molar-refractivity contribution in [2.75, 3.05) is 0 Å². The summed E-state index contributed by atoms with van der Waals surface area (Å²) in [6.07, 6.45) is -0.738. The Morgan fingerprint density at radius 1 is 1.73 bits per heavy atom. The Kier molecular flexibility index (Phi) is 1.95. The molecule has 11 heavy (non-hydrogen) atoms. The first-order chi connectivity index (χ1) is 5.04. The molecule has 0 radical (unpaired) electrons. The molecule has 0 aromatic rings. The number of nitrogens with one attached hydrogen (secondary N) is 1. The molecule has 0 bridgehead atoms. The highest BCUT2D eigenvalue weighted by atomic mass is 16.3. The molecule has 4 heteroatoms. The quantitative estimate of drug-likeness (QED) is 0.509. The molecule has 3 atom stereocenters. The minimum absolute atomic E-state index is 0.101. The molecular formula is C7H11NO3. The summed E-state index contributed by atoms with van der Waals surface area (Å²) in [6, 6.07) is -0.470. The number of carbonyl (C=O) groups is 2. The molecule has 4 nitrogen and oxygen atoms in total.